The monoisotopic (exact) mass is 360 g/mol. The van der Waals surface area contributed by atoms with E-state index >= 15 is 0 Å². The number of rotatable bonds is 5. The van der Waals surface area contributed by atoms with Gasteiger partial charge in [0.15, 0.2) is 5.69 Å². The number of carbonyl (C=O) groups excluding carboxylic acids is 3. The molecule has 1 aromatic carbocycles. The summed E-state index contributed by atoms with van der Waals surface area (Å²) in [6.45, 7) is 1.76. The molecule has 1 heterocycles. The molecule has 0 saturated carbocycles. The topological polar surface area (TPSA) is 89.1 Å². The van der Waals surface area contributed by atoms with Gasteiger partial charge in [0.2, 0.25) is 11.6 Å². The van der Waals surface area contributed by atoms with Crippen molar-refractivity contribution in [3.8, 4) is 0 Å². The summed E-state index contributed by atoms with van der Waals surface area (Å²) in [7, 11) is 0. The van der Waals surface area contributed by atoms with Gasteiger partial charge >= 0.3 is 5.97 Å². The number of ketones is 2. The number of ether oxygens (including phenoxy) is 1. The maximum atomic E-state index is 13.2. The van der Waals surface area contributed by atoms with Crippen molar-refractivity contribution in [3.05, 3.63) is 63.6 Å². The smallest absolute Gasteiger partial charge is 0.357 e. The molecule has 1 aliphatic carbocycles. The third-order valence-electron chi connectivity index (χ3n) is 3.48. The molecule has 6 nitrogen and oxygen atoms in total. The number of carbonyl (C=O) groups is 3. The molecular formula is C17H13FN2O4S. The molecule has 0 spiro atoms. The van der Waals surface area contributed by atoms with E-state index in [1.807, 2.05) is 0 Å². The van der Waals surface area contributed by atoms with Gasteiger partial charge in [-0.25, -0.2) is 9.18 Å². The first kappa shape index (κ1) is 17.1. The summed E-state index contributed by atoms with van der Waals surface area (Å²) in [6.07, 6.45) is 1.18. The highest BCUT2D eigenvalue weighted by atomic mass is 32.2. The van der Waals surface area contributed by atoms with Crippen LogP contribution in [0.3, 0.4) is 0 Å². The minimum Gasteiger partial charge on any atom is -0.461 e. The molecule has 0 unspecified atom stereocenters. The van der Waals surface area contributed by atoms with E-state index in [1.54, 1.807) is 19.1 Å². The Kier molecular flexibility index (Phi) is 4.80. The SMILES string of the molecule is CCOC(=O)c1[nH]nc2c1C(=O)C(SCc1cccc(F)c1)=CC2=O. The lowest BCUT2D eigenvalue weighted by atomic mass is 9.99. The average Bonchev–Trinajstić information content (AvgIpc) is 3.03. The van der Waals surface area contributed by atoms with Gasteiger partial charge in [-0.2, -0.15) is 5.10 Å². The second kappa shape index (κ2) is 7.02. The van der Waals surface area contributed by atoms with Gasteiger partial charge in [0, 0.05) is 11.8 Å². The van der Waals surface area contributed by atoms with E-state index in [2.05, 4.69) is 10.2 Å². The highest BCUT2D eigenvalue weighted by Gasteiger charge is 2.34. The molecule has 1 N–H and O–H groups in total. The molecule has 0 aliphatic heterocycles. The van der Waals surface area contributed by atoms with Gasteiger partial charge < -0.3 is 4.74 Å². The molecule has 25 heavy (non-hydrogen) atoms. The molecule has 0 saturated heterocycles. The van der Waals surface area contributed by atoms with Crippen molar-refractivity contribution in [2.45, 2.75) is 12.7 Å². The molecule has 0 radical (unpaired) electrons. The zero-order valence-corrected chi connectivity index (χ0v) is 14.0. The summed E-state index contributed by atoms with van der Waals surface area (Å²) < 4.78 is 18.1. The Morgan fingerprint density at radius 1 is 1.36 bits per heavy atom. The van der Waals surface area contributed by atoms with Crippen molar-refractivity contribution in [3.63, 3.8) is 0 Å². The van der Waals surface area contributed by atoms with E-state index in [0.29, 0.717) is 11.3 Å². The number of thioether (sulfide) groups is 1. The first-order valence-corrected chi connectivity index (χ1v) is 8.43. The summed E-state index contributed by atoms with van der Waals surface area (Å²) in [6, 6.07) is 5.97. The number of aromatic nitrogens is 2. The molecule has 0 atom stereocenters. The van der Waals surface area contributed by atoms with Crippen molar-refractivity contribution in [2.24, 2.45) is 0 Å². The fourth-order valence-corrected chi connectivity index (χ4v) is 3.29. The molecule has 1 aromatic heterocycles. The number of aromatic amines is 1. The van der Waals surface area contributed by atoms with E-state index in [0.717, 1.165) is 11.8 Å². The Labute approximate surface area is 146 Å². The van der Waals surface area contributed by atoms with Crippen LogP contribution in [0.1, 0.15) is 43.8 Å². The molecule has 0 fully saturated rings. The second-order valence-corrected chi connectivity index (χ2v) is 6.18. The number of fused-ring (bicyclic) bond motifs is 1. The molecule has 2 aromatic rings. The zero-order chi connectivity index (χ0) is 18.0. The van der Waals surface area contributed by atoms with Crippen LogP contribution in [0.5, 0.6) is 0 Å². The lowest BCUT2D eigenvalue weighted by molar-refractivity contribution is 0.0516. The van der Waals surface area contributed by atoms with E-state index < -0.39 is 17.5 Å². The van der Waals surface area contributed by atoms with E-state index in [1.165, 1.54) is 18.2 Å². The highest BCUT2D eigenvalue weighted by molar-refractivity contribution is 8.03. The van der Waals surface area contributed by atoms with Crippen molar-refractivity contribution in [1.29, 1.82) is 0 Å². The number of nitrogens with zero attached hydrogens (tertiary/aromatic N) is 1. The van der Waals surface area contributed by atoms with E-state index in [9.17, 15) is 18.8 Å². The minimum absolute atomic E-state index is 0.0762. The number of esters is 1. The predicted molar refractivity (Wildman–Crippen MR) is 89.0 cm³/mol. The molecular weight excluding hydrogens is 347 g/mol. The average molecular weight is 360 g/mol. The second-order valence-electron chi connectivity index (χ2n) is 5.16. The number of hydrogen-bond acceptors (Lipinski definition) is 6. The van der Waals surface area contributed by atoms with Crippen LogP contribution in [0.4, 0.5) is 4.39 Å². The largest absolute Gasteiger partial charge is 0.461 e. The zero-order valence-electron chi connectivity index (χ0n) is 13.2. The fraction of sp³-hybridized carbons (Fsp3) is 0.176. The highest BCUT2D eigenvalue weighted by Crippen LogP contribution is 2.31. The molecule has 0 bridgehead atoms. The van der Waals surface area contributed by atoms with Gasteiger partial charge in [-0.1, -0.05) is 12.1 Å². The van der Waals surface area contributed by atoms with Gasteiger partial charge in [0.05, 0.1) is 17.1 Å². The van der Waals surface area contributed by atoms with Gasteiger partial charge in [-0.3, -0.25) is 14.7 Å². The quantitative estimate of drug-likeness (QED) is 0.825. The molecule has 3 rings (SSSR count). The molecule has 8 heteroatoms. The number of halogens is 1. The Balaban J connectivity index is 1.84. The minimum atomic E-state index is -0.742. The van der Waals surface area contributed by atoms with Crippen LogP contribution in [-0.4, -0.2) is 34.3 Å². The number of nitrogens with one attached hydrogen (secondary N) is 1. The van der Waals surface area contributed by atoms with Crippen LogP contribution in [-0.2, 0) is 10.5 Å². The van der Waals surface area contributed by atoms with Gasteiger partial charge in [0.25, 0.3) is 0 Å². The maximum Gasteiger partial charge on any atom is 0.357 e. The van der Waals surface area contributed by atoms with Gasteiger partial charge in [-0.15, -0.1) is 11.8 Å². The summed E-state index contributed by atoms with van der Waals surface area (Å²) in [5, 5.41) is 6.16. The summed E-state index contributed by atoms with van der Waals surface area (Å²) >= 11 is 1.10. The van der Waals surface area contributed by atoms with E-state index in [-0.39, 0.29) is 34.3 Å². The first-order chi connectivity index (χ1) is 12.0. The Hall–Kier alpha value is -2.74. The van der Waals surface area contributed by atoms with E-state index in [4.69, 9.17) is 4.74 Å². The molecule has 1 aliphatic rings. The summed E-state index contributed by atoms with van der Waals surface area (Å²) in [5.74, 6) is -1.76. The van der Waals surface area contributed by atoms with Crippen molar-refractivity contribution in [1.82, 2.24) is 10.2 Å². The van der Waals surface area contributed by atoms with Crippen molar-refractivity contribution < 1.29 is 23.5 Å². The van der Waals surface area contributed by atoms with Crippen LogP contribution >= 0.6 is 11.8 Å². The summed E-state index contributed by atoms with van der Waals surface area (Å²) in [5.41, 5.74) is 0.373. The van der Waals surface area contributed by atoms with Crippen LogP contribution < -0.4 is 0 Å². The third-order valence-corrected chi connectivity index (χ3v) is 4.57. The Morgan fingerprint density at radius 2 is 2.16 bits per heavy atom. The number of allylic oxidation sites excluding steroid dienone is 2. The lowest BCUT2D eigenvalue weighted by Gasteiger charge is -2.11. The van der Waals surface area contributed by atoms with Crippen LogP contribution in [0.25, 0.3) is 0 Å². The number of benzene rings is 1. The maximum absolute atomic E-state index is 13.2. The predicted octanol–water partition coefficient (Wildman–Crippen LogP) is 2.92. The number of H-pyrrole nitrogens is 1. The van der Waals surface area contributed by atoms with Gasteiger partial charge in [0.1, 0.15) is 11.5 Å². The normalized spacial score (nSPS) is 13.4. The Bertz CT molecular complexity index is 904. The van der Waals surface area contributed by atoms with Gasteiger partial charge in [-0.05, 0) is 24.6 Å². The molecule has 0 amide bonds. The lowest BCUT2D eigenvalue weighted by Crippen LogP contribution is -2.18. The van der Waals surface area contributed by atoms with Crippen LogP contribution in [0.2, 0.25) is 0 Å². The number of Topliss-reactive ketones (excluding diaryl/α,β-unsaturated/α-hetero) is 1. The van der Waals surface area contributed by atoms with Crippen LogP contribution in [0, 0.1) is 5.82 Å². The van der Waals surface area contributed by atoms with Crippen LogP contribution in [0.15, 0.2) is 35.2 Å². The third kappa shape index (κ3) is 3.39. The first-order valence-electron chi connectivity index (χ1n) is 7.44. The fourth-order valence-electron chi connectivity index (χ4n) is 2.36. The van der Waals surface area contributed by atoms with Crippen molar-refractivity contribution >= 4 is 29.3 Å². The summed E-state index contributed by atoms with van der Waals surface area (Å²) in [4.78, 5) is 36.9. The molecule has 128 valence electrons. The standard InChI is InChI=1S/C17H13FN2O4S/c1-2-24-17(23)15-13-14(19-20-15)11(21)7-12(16(13)22)25-8-9-4-3-5-10(18)6-9/h3-7H,2,8H2,1H3,(H,19,20). The van der Waals surface area contributed by atoms with Crippen molar-refractivity contribution in [2.75, 3.05) is 6.61 Å². The Morgan fingerprint density at radius 3 is 2.88 bits per heavy atom. The number of hydrogen-bond donors (Lipinski definition) is 1.